The van der Waals surface area contributed by atoms with Gasteiger partial charge >= 0.3 is 0 Å². The average Bonchev–Trinajstić information content (AvgIpc) is 2.89. The Kier molecular flexibility index (Phi) is 5.12. The molecule has 120 valence electrons. The summed E-state index contributed by atoms with van der Waals surface area (Å²) in [6, 6.07) is 4.62. The first-order valence-electron chi connectivity index (χ1n) is 6.21. The van der Waals surface area contributed by atoms with Crippen molar-refractivity contribution in [3.05, 3.63) is 46.3 Å². The van der Waals surface area contributed by atoms with Crippen molar-refractivity contribution in [1.29, 1.82) is 0 Å². The Morgan fingerprint density at radius 3 is 2.82 bits per heavy atom. The summed E-state index contributed by atoms with van der Waals surface area (Å²) >= 11 is 5.69. The number of aromatic nitrogens is 2. The van der Waals surface area contributed by atoms with Gasteiger partial charge in [-0.15, -0.1) is 0 Å². The van der Waals surface area contributed by atoms with Crippen molar-refractivity contribution in [2.75, 3.05) is 14.1 Å². The van der Waals surface area contributed by atoms with Crippen molar-refractivity contribution in [2.45, 2.75) is 13.0 Å². The molecule has 2 aromatic rings. The topological polar surface area (TPSA) is 88.3 Å². The van der Waals surface area contributed by atoms with Gasteiger partial charge in [0.1, 0.15) is 5.82 Å². The van der Waals surface area contributed by atoms with Gasteiger partial charge in [-0.2, -0.15) is 22.4 Å². The maximum absolute atomic E-state index is 13.8. The molecule has 0 fully saturated rings. The van der Waals surface area contributed by atoms with Crippen LogP contribution in [0.4, 0.5) is 4.39 Å². The van der Waals surface area contributed by atoms with E-state index in [1.54, 1.807) is 12.1 Å². The second-order valence-electron chi connectivity index (χ2n) is 4.60. The fourth-order valence-electron chi connectivity index (χ4n) is 1.57. The van der Waals surface area contributed by atoms with Crippen LogP contribution >= 0.6 is 11.6 Å². The SMILES string of the molecule is CN(C)S(=O)(=O)NCc1nc(Cc2cccc(Cl)c2F)no1. The highest BCUT2D eigenvalue weighted by molar-refractivity contribution is 7.87. The second-order valence-corrected chi connectivity index (χ2v) is 6.98. The first-order chi connectivity index (χ1) is 10.3. The summed E-state index contributed by atoms with van der Waals surface area (Å²) in [6.45, 7) is -0.147. The van der Waals surface area contributed by atoms with E-state index in [1.807, 2.05) is 0 Å². The minimum Gasteiger partial charge on any atom is -0.338 e. The quantitative estimate of drug-likeness (QED) is 0.851. The second kappa shape index (κ2) is 6.69. The Balaban J connectivity index is 2.04. The molecule has 0 saturated heterocycles. The Morgan fingerprint density at radius 2 is 2.14 bits per heavy atom. The van der Waals surface area contributed by atoms with Gasteiger partial charge < -0.3 is 4.52 Å². The molecule has 10 heteroatoms. The molecule has 0 amide bonds. The van der Waals surface area contributed by atoms with E-state index in [9.17, 15) is 12.8 Å². The fourth-order valence-corrected chi connectivity index (χ4v) is 2.33. The van der Waals surface area contributed by atoms with E-state index in [2.05, 4.69) is 14.9 Å². The van der Waals surface area contributed by atoms with Crippen molar-refractivity contribution in [2.24, 2.45) is 0 Å². The van der Waals surface area contributed by atoms with Crippen LogP contribution in [0.1, 0.15) is 17.3 Å². The van der Waals surface area contributed by atoms with Crippen molar-refractivity contribution >= 4 is 21.8 Å². The van der Waals surface area contributed by atoms with E-state index < -0.39 is 16.0 Å². The number of hydrogen-bond donors (Lipinski definition) is 1. The smallest absolute Gasteiger partial charge is 0.279 e. The molecule has 0 unspecified atom stereocenters. The zero-order chi connectivity index (χ0) is 16.3. The van der Waals surface area contributed by atoms with Gasteiger partial charge in [0.2, 0.25) is 5.89 Å². The molecule has 0 radical (unpaired) electrons. The fraction of sp³-hybridized carbons (Fsp3) is 0.333. The number of nitrogens with one attached hydrogen (secondary N) is 1. The minimum atomic E-state index is -3.58. The highest BCUT2D eigenvalue weighted by Gasteiger charge is 2.16. The molecule has 0 atom stereocenters. The zero-order valence-electron chi connectivity index (χ0n) is 11.9. The summed E-state index contributed by atoms with van der Waals surface area (Å²) in [5.41, 5.74) is 0.328. The number of benzene rings is 1. The Bertz CT molecular complexity index is 763. The van der Waals surface area contributed by atoms with Gasteiger partial charge in [-0.1, -0.05) is 28.9 Å². The molecule has 1 aromatic heterocycles. The summed E-state index contributed by atoms with van der Waals surface area (Å²) in [5, 5.41) is 3.70. The van der Waals surface area contributed by atoms with E-state index >= 15 is 0 Å². The predicted molar refractivity (Wildman–Crippen MR) is 78.0 cm³/mol. The van der Waals surface area contributed by atoms with E-state index in [-0.39, 0.29) is 29.7 Å². The third-order valence-electron chi connectivity index (χ3n) is 2.78. The third-order valence-corrected chi connectivity index (χ3v) is 4.54. The van der Waals surface area contributed by atoms with Crippen LogP contribution in [-0.2, 0) is 23.2 Å². The van der Waals surface area contributed by atoms with Crippen LogP contribution in [0.2, 0.25) is 5.02 Å². The molecule has 0 spiro atoms. The van der Waals surface area contributed by atoms with E-state index in [4.69, 9.17) is 16.1 Å². The molecule has 1 heterocycles. The standard InChI is InChI=1S/C12H14ClFN4O3S/c1-18(2)22(19,20)15-7-11-16-10(17-21-11)6-8-4-3-5-9(13)12(8)14/h3-5,15H,6-7H2,1-2H3. The monoisotopic (exact) mass is 348 g/mol. The molecule has 2 rings (SSSR count). The number of halogens is 2. The molecular weight excluding hydrogens is 335 g/mol. The number of hydrogen-bond acceptors (Lipinski definition) is 5. The maximum Gasteiger partial charge on any atom is 0.279 e. The average molecular weight is 349 g/mol. The van der Waals surface area contributed by atoms with Gasteiger partial charge in [-0.05, 0) is 11.6 Å². The lowest BCUT2D eigenvalue weighted by Gasteiger charge is -2.10. The predicted octanol–water partition coefficient (Wildman–Crippen LogP) is 1.35. The van der Waals surface area contributed by atoms with Crippen LogP contribution in [-0.4, -0.2) is 37.0 Å². The Morgan fingerprint density at radius 1 is 1.41 bits per heavy atom. The van der Waals surface area contributed by atoms with Gasteiger partial charge in [-0.25, -0.2) is 4.39 Å². The molecule has 0 bridgehead atoms. The van der Waals surface area contributed by atoms with Crippen LogP contribution in [0.25, 0.3) is 0 Å². The third kappa shape index (κ3) is 4.01. The lowest BCUT2D eigenvalue weighted by Crippen LogP contribution is -2.35. The highest BCUT2D eigenvalue weighted by atomic mass is 35.5. The summed E-state index contributed by atoms with van der Waals surface area (Å²) in [6.07, 6.45) is 0.0936. The molecule has 22 heavy (non-hydrogen) atoms. The lowest BCUT2D eigenvalue weighted by atomic mass is 10.1. The summed E-state index contributed by atoms with van der Waals surface area (Å²) in [5.74, 6) is -0.216. The Hall–Kier alpha value is -1.55. The normalized spacial score (nSPS) is 12.0. The molecule has 0 aliphatic heterocycles. The van der Waals surface area contributed by atoms with Crippen LogP contribution < -0.4 is 4.72 Å². The van der Waals surface area contributed by atoms with Crippen molar-refractivity contribution in [1.82, 2.24) is 19.2 Å². The van der Waals surface area contributed by atoms with Gasteiger partial charge in [0.15, 0.2) is 5.82 Å². The van der Waals surface area contributed by atoms with Crippen LogP contribution in [0.3, 0.4) is 0 Å². The first-order valence-corrected chi connectivity index (χ1v) is 8.03. The largest absolute Gasteiger partial charge is 0.338 e. The van der Waals surface area contributed by atoms with Crippen molar-refractivity contribution in [3.8, 4) is 0 Å². The van der Waals surface area contributed by atoms with Gasteiger partial charge in [0.05, 0.1) is 11.6 Å². The number of rotatable bonds is 6. The van der Waals surface area contributed by atoms with E-state index in [0.29, 0.717) is 5.56 Å². The van der Waals surface area contributed by atoms with E-state index in [0.717, 1.165) is 4.31 Å². The summed E-state index contributed by atoms with van der Waals surface area (Å²) in [4.78, 5) is 4.01. The van der Waals surface area contributed by atoms with Gasteiger partial charge in [-0.3, -0.25) is 0 Å². The molecule has 1 N–H and O–H groups in total. The van der Waals surface area contributed by atoms with Gasteiger partial charge in [0, 0.05) is 20.5 Å². The minimum absolute atomic E-state index is 0.0139. The van der Waals surface area contributed by atoms with Crippen LogP contribution in [0.5, 0.6) is 0 Å². The highest BCUT2D eigenvalue weighted by Crippen LogP contribution is 2.19. The van der Waals surface area contributed by atoms with Crippen LogP contribution in [0.15, 0.2) is 22.7 Å². The molecule has 0 aliphatic carbocycles. The maximum atomic E-state index is 13.8. The number of nitrogens with zero attached hydrogens (tertiary/aromatic N) is 3. The molecule has 7 nitrogen and oxygen atoms in total. The van der Waals surface area contributed by atoms with Crippen molar-refractivity contribution < 1.29 is 17.3 Å². The van der Waals surface area contributed by atoms with Crippen LogP contribution in [0, 0.1) is 5.82 Å². The van der Waals surface area contributed by atoms with Crippen molar-refractivity contribution in [3.63, 3.8) is 0 Å². The molecule has 0 saturated carbocycles. The summed E-state index contributed by atoms with van der Waals surface area (Å²) < 4.78 is 45.1. The molecule has 1 aromatic carbocycles. The molecular formula is C12H14ClFN4O3S. The zero-order valence-corrected chi connectivity index (χ0v) is 13.4. The first kappa shape index (κ1) is 16.8. The summed E-state index contributed by atoms with van der Waals surface area (Å²) in [7, 11) is -0.796. The van der Waals surface area contributed by atoms with Gasteiger partial charge in [0.25, 0.3) is 10.2 Å². The Labute approximate surface area is 132 Å². The molecule has 0 aliphatic rings. The van der Waals surface area contributed by atoms with E-state index in [1.165, 1.54) is 20.2 Å². The lowest BCUT2D eigenvalue weighted by molar-refractivity contribution is 0.369.